The summed E-state index contributed by atoms with van der Waals surface area (Å²) in [6.07, 6.45) is 0. The molecule has 0 unspecified atom stereocenters. The summed E-state index contributed by atoms with van der Waals surface area (Å²) < 4.78 is 5.13. The third kappa shape index (κ3) is 1.61. The molecule has 3 rings (SSSR count). The third-order valence-electron chi connectivity index (χ3n) is 2.97. The average Bonchev–Trinajstić information content (AvgIpc) is 2.69. The van der Waals surface area contributed by atoms with Crippen LogP contribution in [0.5, 0.6) is 5.95 Å². The molecule has 4 heteroatoms. The van der Waals surface area contributed by atoms with Gasteiger partial charge in [0.1, 0.15) is 5.58 Å². The Kier molecular flexibility index (Phi) is 2.22. The lowest BCUT2D eigenvalue weighted by molar-refractivity contribution is 0.346. The second-order valence-corrected chi connectivity index (χ2v) is 4.04. The van der Waals surface area contributed by atoms with E-state index in [9.17, 15) is 5.11 Å². The Balaban J connectivity index is 1.97. The first kappa shape index (κ1) is 9.54. The highest BCUT2D eigenvalue weighted by molar-refractivity contribution is 5.82. The molecule has 0 aliphatic carbocycles. The lowest BCUT2D eigenvalue weighted by atomic mass is 10.2. The number of hydrogen-bond acceptors (Lipinski definition) is 4. The Hall–Kier alpha value is -1.68. The topological polar surface area (TPSA) is 48.6 Å². The van der Waals surface area contributed by atoms with Gasteiger partial charge in [0.25, 0.3) is 5.95 Å². The summed E-state index contributed by atoms with van der Waals surface area (Å²) >= 11 is 0. The van der Waals surface area contributed by atoms with Crippen LogP contribution in [0, 0.1) is 0 Å². The number of nitrogens with zero attached hydrogens (tertiary/aromatic N) is 1. The molecule has 2 N–H and O–H groups in total. The maximum atomic E-state index is 9.27. The van der Waals surface area contributed by atoms with Gasteiger partial charge in [-0.25, -0.2) is 0 Å². The van der Waals surface area contributed by atoms with Crippen LogP contribution < -0.4 is 10.2 Å². The molecule has 1 aliphatic rings. The quantitative estimate of drug-likeness (QED) is 0.762. The van der Waals surface area contributed by atoms with Gasteiger partial charge in [-0.05, 0) is 18.2 Å². The number of furan rings is 1. The summed E-state index contributed by atoms with van der Waals surface area (Å²) in [6.45, 7) is 4.09. The summed E-state index contributed by atoms with van der Waals surface area (Å²) in [5.41, 5.74) is 1.92. The molecular formula is C12H14N2O2. The van der Waals surface area contributed by atoms with Gasteiger partial charge in [0.2, 0.25) is 0 Å². The molecule has 1 aromatic heterocycles. The predicted molar refractivity (Wildman–Crippen MR) is 63.0 cm³/mol. The second kappa shape index (κ2) is 3.72. The third-order valence-corrected chi connectivity index (χ3v) is 2.97. The zero-order valence-electron chi connectivity index (χ0n) is 8.94. The molecule has 0 spiro atoms. The Morgan fingerprint density at radius 2 is 2.00 bits per heavy atom. The largest absolute Gasteiger partial charge is 0.481 e. The molecule has 84 valence electrons. The molecular weight excluding hydrogens is 204 g/mol. The van der Waals surface area contributed by atoms with E-state index in [1.807, 2.05) is 12.1 Å². The summed E-state index contributed by atoms with van der Waals surface area (Å²) in [4.78, 5) is 2.33. The minimum Gasteiger partial charge on any atom is -0.481 e. The number of nitrogens with one attached hydrogen (secondary N) is 1. The van der Waals surface area contributed by atoms with Crippen LogP contribution in [0.3, 0.4) is 0 Å². The molecule has 2 aromatic rings. The van der Waals surface area contributed by atoms with Crippen LogP contribution in [-0.2, 0) is 0 Å². The molecule has 1 aliphatic heterocycles. The first-order chi connectivity index (χ1) is 7.83. The van der Waals surface area contributed by atoms with Crippen molar-refractivity contribution in [2.75, 3.05) is 31.1 Å². The van der Waals surface area contributed by atoms with Crippen molar-refractivity contribution in [2.24, 2.45) is 0 Å². The maximum absolute atomic E-state index is 9.27. The molecule has 0 radical (unpaired) electrons. The van der Waals surface area contributed by atoms with Gasteiger partial charge < -0.3 is 19.7 Å². The Labute approximate surface area is 93.5 Å². The fourth-order valence-corrected chi connectivity index (χ4v) is 2.14. The van der Waals surface area contributed by atoms with E-state index in [0.29, 0.717) is 0 Å². The SMILES string of the molecule is Oc1cc2cc(N3CCNCC3)ccc2o1. The Bertz CT molecular complexity index is 501. The van der Waals surface area contributed by atoms with Gasteiger partial charge in [-0.15, -0.1) is 0 Å². The standard InChI is InChI=1S/C12H14N2O2/c15-12-8-9-7-10(1-2-11(9)16-12)14-5-3-13-4-6-14/h1-2,7-8,13,15H,3-6H2. The molecule has 0 bridgehead atoms. The fraction of sp³-hybridized carbons (Fsp3) is 0.333. The first-order valence-electron chi connectivity index (χ1n) is 5.51. The lowest BCUT2D eigenvalue weighted by Crippen LogP contribution is -2.43. The number of rotatable bonds is 1. The van der Waals surface area contributed by atoms with E-state index in [1.54, 1.807) is 6.07 Å². The molecule has 1 saturated heterocycles. The minimum atomic E-state index is -0.0209. The van der Waals surface area contributed by atoms with Crippen molar-refractivity contribution in [3.05, 3.63) is 24.3 Å². The van der Waals surface area contributed by atoms with E-state index in [4.69, 9.17) is 4.42 Å². The van der Waals surface area contributed by atoms with Crippen molar-refractivity contribution in [1.82, 2.24) is 5.32 Å². The minimum absolute atomic E-state index is 0.0209. The van der Waals surface area contributed by atoms with E-state index in [2.05, 4.69) is 16.3 Å². The van der Waals surface area contributed by atoms with Crippen molar-refractivity contribution >= 4 is 16.7 Å². The van der Waals surface area contributed by atoms with Crippen LogP contribution in [0.15, 0.2) is 28.7 Å². The molecule has 0 amide bonds. The normalized spacial score (nSPS) is 16.9. The number of anilines is 1. The van der Waals surface area contributed by atoms with Crippen LogP contribution in [0.2, 0.25) is 0 Å². The molecule has 0 atom stereocenters. The van der Waals surface area contributed by atoms with Crippen LogP contribution in [-0.4, -0.2) is 31.3 Å². The van der Waals surface area contributed by atoms with E-state index >= 15 is 0 Å². The zero-order valence-corrected chi connectivity index (χ0v) is 8.94. The second-order valence-electron chi connectivity index (χ2n) is 4.04. The Morgan fingerprint density at radius 1 is 1.19 bits per heavy atom. The number of fused-ring (bicyclic) bond motifs is 1. The zero-order chi connectivity index (χ0) is 11.0. The van der Waals surface area contributed by atoms with Gasteiger partial charge in [-0.2, -0.15) is 0 Å². The molecule has 16 heavy (non-hydrogen) atoms. The Morgan fingerprint density at radius 3 is 2.81 bits per heavy atom. The van der Waals surface area contributed by atoms with E-state index in [1.165, 1.54) is 5.69 Å². The number of aromatic hydroxyl groups is 1. The van der Waals surface area contributed by atoms with Crippen LogP contribution in [0.1, 0.15) is 0 Å². The monoisotopic (exact) mass is 218 g/mol. The van der Waals surface area contributed by atoms with Crippen molar-refractivity contribution in [3.63, 3.8) is 0 Å². The van der Waals surface area contributed by atoms with Crippen molar-refractivity contribution in [3.8, 4) is 5.95 Å². The van der Waals surface area contributed by atoms with Gasteiger partial charge in [-0.1, -0.05) is 0 Å². The smallest absolute Gasteiger partial charge is 0.282 e. The van der Waals surface area contributed by atoms with E-state index in [-0.39, 0.29) is 5.95 Å². The van der Waals surface area contributed by atoms with Gasteiger partial charge in [0.05, 0.1) is 0 Å². The van der Waals surface area contributed by atoms with Crippen LogP contribution in [0.25, 0.3) is 11.0 Å². The van der Waals surface area contributed by atoms with E-state index in [0.717, 1.165) is 37.1 Å². The van der Waals surface area contributed by atoms with Crippen LogP contribution >= 0.6 is 0 Å². The van der Waals surface area contributed by atoms with Gasteiger partial charge in [0.15, 0.2) is 0 Å². The summed E-state index contributed by atoms with van der Waals surface area (Å²) in [7, 11) is 0. The number of benzene rings is 1. The molecule has 1 aromatic carbocycles. The van der Waals surface area contributed by atoms with E-state index < -0.39 is 0 Å². The predicted octanol–water partition coefficient (Wildman–Crippen LogP) is 1.55. The van der Waals surface area contributed by atoms with Gasteiger partial charge in [-0.3, -0.25) is 0 Å². The molecule has 4 nitrogen and oxygen atoms in total. The molecule has 1 fully saturated rings. The summed E-state index contributed by atoms with van der Waals surface area (Å²) in [5.74, 6) is -0.0209. The molecule has 0 saturated carbocycles. The maximum Gasteiger partial charge on any atom is 0.282 e. The average molecular weight is 218 g/mol. The summed E-state index contributed by atoms with van der Waals surface area (Å²) in [5, 5.41) is 13.5. The number of hydrogen-bond donors (Lipinski definition) is 2. The van der Waals surface area contributed by atoms with Crippen molar-refractivity contribution in [1.29, 1.82) is 0 Å². The van der Waals surface area contributed by atoms with Crippen molar-refractivity contribution < 1.29 is 9.52 Å². The highest BCUT2D eigenvalue weighted by Gasteiger charge is 2.11. The fourth-order valence-electron chi connectivity index (χ4n) is 2.14. The first-order valence-corrected chi connectivity index (χ1v) is 5.51. The van der Waals surface area contributed by atoms with Gasteiger partial charge >= 0.3 is 0 Å². The van der Waals surface area contributed by atoms with Crippen LogP contribution in [0.4, 0.5) is 5.69 Å². The van der Waals surface area contributed by atoms with Crippen molar-refractivity contribution in [2.45, 2.75) is 0 Å². The molecule has 2 heterocycles. The lowest BCUT2D eigenvalue weighted by Gasteiger charge is -2.29. The highest BCUT2D eigenvalue weighted by Crippen LogP contribution is 2.27. The summed E-state index contributed by atoms with van der Waals surface area (Å²) in [6, 6.07) is 7.66. The van der Waals surface area contributed by atoms with Gasteiger partial charge in [0, 0.05) is 43.3 Å². The number of piperazine rings is 1. The highest BCUT2D eigenvalue weighted by atomic mass is 16.5.